The summed E-state index contributed by atoms with van der Waals surface area (Å²) in [4.78, 5) is 11.2. The SMILES string of the molecule is CC(=O)c1ccc(Oc2ccccc2Cl)c(Cl)c1. The number of benzene rings is 2. The summed E-state index contributed by atoms with van der Waals surface area (Å²) in [6, 6.07) is 12.0. The first-order chi connectivity index (χ1) is 8.58. The molecule has 0 unspecified atom stereocenters. The van der Waals surface area contributed by atoms with Crippen LogP contribution in [0.25, 0.3) is 0 Å². The van der Waals surface area contributed by atoms with Gasteiger partial charge in [0.25, 0.3) is 0 Å². The number of ether oxygens (including phenoxy) is 1. The Morgan fingerprint density at radius 2 is 1.67 bits per heavy atom. The molecule has 4 heteroatoms. The van der Waals surface area contributed by atoms with Crippen molar-refractivity contribution >= 4 is 29.0 Å². The van der Waals surface area contributed by atoms with Crippen molar-refractivity contribution in [3.63, 3.8) is 0 Å². The van der Waals surface area contributed by atoms with E-state index in [0.29, 0.717) is 27.1 Å². The monoisotopic (exact) mass is 280 g/mol. The molecule has 0 heterocycles. The lowest BCUT2D eigenvalue weighted by Gasteiger charge is -2.09. The van der Waals surface area contributed by atoms with Crippen molar-refractivity contribution in [3.05, 3.63) is 58.1 Å². The van der Waals surface area contributed by atoms with Gasteiger partial charge in [-0.2, -0.15) is 0 Å². The van der Waals surface area contributed by atoms with Crippen LogP contribution in [0.1, 0.15) is 17.3 Å². The molecule has 18 heavy (non-hydrogen) atoms. The van der Waals surface area contributed by atoms with E-state index in [1.165, 1.54) is 6.92 Å². The molecule has 2 aromatic carbocycles. The van der Waals surface area contributed by atoms with Gasteiger partial charge in [0.05, 0.1) is 10.0 Å². The molecule has 2 aromatic rings. The molecule has 0 aliphatic rings. The molecule has 2 rings (SSSR count). The minimum Gasteiger partial charge on any atom is -0.454 e. The van der Waals surface area contributed by atoms with Crippen LogP contribution in [0.5, 0.6) is 11.5 Å². The summed E-state index contributed by atoms with van der Waals surface area (Å²) in [7, 11) is 0. The van der Waals surface area contributed by atoms with Crippen molar-refractivity contribution in [2.45, 2.75) is 6.92 Å². The average molecular weight is 281 g/mol. The van der Waals surface area contributed by atoms with Crippen LogP contribution >= 0.6 is 23.2 Å². The number of halogens is 2. The fraction of sp³-hybridized carbons (Fsp3) is 0.0714. The first-order valence-corrected chi connectivity index (χ1v) is 6.06. The normalized spacial score (nSPS) is 10.2. The zero-order valence-corrected chi connectivity index (χ0v) is 11.1. The maximum atomic E-state index is 11.2. The number of rotatable bonds is 3. The lowest BCUT2D eigenvalue weighted by atomic mass is 10.1. The Hall–Kier alpha value is -1.51. The van der Waals surface area contributed by atoms with Crippen LogP contribution in [0.15, 0.2) is 42.5 Å². The second kappa shape index (κ2) is 5.42. The summed E-state index contributed by atoms with van der Waals surface area (Å²) in [6.45, 7) is 1.49. The number of ketones is 1. The van der Waals surface area contributed by atoms with E-state index >= 15 is 0 Å². The molecule has 0 N–H and O–H groups in total. The molecule has 0 aliphatic carbocycles. The Morgan fingerprint density at radius 3 is 2.28 bits per heavy atom. The number of carbonyl (C=O) groups excluding carboxylic acids is 1. The fourth-order valence-electron chi connectivity index (χ4n) is 1.45. The first-order valence-electron chi connectivity index (χ1n) is 5.31. The molecule has 0 bridgehead atoms. The number of hydrogen-bond acceptors (Lipinski definition) is 2. The van der Waals surface area contributed by atoms with Crippen molar-refractivity contribution in [2.24, 2.45) is 0 Å². The predicted molar refractivity (Wildman–Crippen MR) is 73.0 cm³/mol. The molecule has 2 nitrogen and oxygen atoms in total. The van der Waals surface area contributed by atoms with Crippen molar-refractivity contribution in [2.75, 3.05) is 0 Å². The van der Waals surface area contributed by atoms with Gasteiger partial charge in [0.2, 0.25) is 0 Å². The third-order valence-corrected chi connectivity index (χ3v) is 3.00. The van der Waals surface area contributed by atoms with Gasteiger partial charge in [-0.05, 0) is 37.3 Å². The second-order valence-electron chi connectivity index (χ2n) is 3.73. The predicted octanol–water partition coefficient (Wildman–Crippen LogP) is 4.99. The molecule has 0 atom stereocenters. The number of Topliss-reactive ketones (excluding diaryl/α,β-unsaturated/α-hetero) is 1. The Balaban J connectivity index is 2.30. The molecule has 0 spiro atoms. The van der Waals surface area contributed by atoms with Gasteiger partial charge in [-0.15, -0.1) is 0 Å². The Kier molecular flexibility index (Phi) is 3.90. The lowest BCUT2D eigenvalue weighted by molar-refractivity contribution is 0.101. The van der Waals surface area contributed by atoms with Crippen LogP contribution in [0.3, 0.4) is 0 Å². The van der Waals surface area contributed by atoms with E-state index in [0.717, 1.165) is 0 Å². The van der Waals surface area contributed by atoms with Gasteiger partial charge in [0.15, 0.2) is 5.78 Å². The van der Waals surface area contributed by atoms with Crippen LogP contribution in [0.2, 0.25) is 10.0 Å². The lowest BCUT2D eigenvalue weighted by Crippen LogP contribution is -1.93. The van der Waals surface area contributed by atoms with Gasteiger partial charge in [-0.1, -0.05) is 35.3 Å². The van der Waals surface area contributed by atoms with E-state index in [1.807, 2.05) is 12.1 Å². The summed E-state index contributed by atoms with van der Waals surface area (Å²) in [5, 5.41) is 0.881. The third-order valence-electron chi connectivity index (χ3n) is 2.39. The summed E-state index contributed by atoms with van der Waals surface area (Å²) in [6.07, 6.45) is 0. The van der Waals surface area contributed by atoms with E-state index in [9.17, 15) is 4.79 Å². The van der Waals surface area contributed by atoms with Crippen molar-refractivity contribution in [1.82, 2.24) is 0 Å². The Bertz CT molecular complexity index is 594. The van der Waals surface area contributed by atoms with Gasteiger partial charge < -0.3 is 4.74 Å². The number of carbonyl (C=O) groups is 1. The summed E-state index contributed by atoms with van der Waals surface area (Å²) >= 11 is 12.0. The standard InChI is InChI=1S/C14H10Cl2O2/c1-9(17)10-6-7-14(12(16)8-10)18-13-5-3-2-4-11(13)15/h2-8H,1H3. The highest BCUT2D eigenvalue weighted by Crippen LogP contribution is 2.33. The van der Waals surface area contributed by atoms with Gasteiger partial charge >= 0.3 is 0 Å². The minimum atomic E-state index is -0.0406. The maximum absolute atomic E-state index is 11.2. The highest BCUT2D eigenvalue weighted by molar-refractivity contribution is 6.33. The molecular weight excluding hydrogens is 271 g/mol. The summed E-state index contributed by atoms with van der Waals surface area (Å²) in [5.41, 5.74) is 0.548. The maximum Gasteiger partial charge on any atom is 0.159 e. The number of para-hydroxylation sites is 1. The molecule has 0 fully saturated rings. The van der Waals surface area contributed by atoms with Crippen LogP contribution in [0, 0.1) is 0 Å². The van der Waals surface area contributed by atoms with E-state index in [-0.39, 0.29) is 5.78 Å². The largest absolute Gasteiger partial charge is 0.454 e. The molecule has 0 aromatic heterocycles. The Labute approximate surface area is 115 Å². The highest BCUT2D eigenvalue weighted by atomic mass is 35.5. The molecular formula is C14H10Cl2O2. The van der Waals surface area contributed by atoms with Gasteiger partial charge in [-0.25, -0.2) is 0 Å². The molecule has 0 radical (unpaired) electrons. The third kappa shape index (κ3) is 2.84. The molecule has 0 amide bonds. The topological polar surface area (TPSA) is 26.3 Å². The van der Waals surface area contributed by atoms with Gasteiger partial charge in [0, 0.05) is 5.56 Å². The zero-order valence-electron chi connectivity index (χ0n) is 9.61. The van der Waals surface area contributed by atoms with E-state index in [1.54, 1.807) is 30.3 Å². The summed E-state index contributed by atoms with van der Waals surface area (Å²) in [5.74, 6) is 0.951. The van der Waals surface area contributed by atoms with Crippen LogP contribution in [-0.2, 0) is 0 Å². The van der Waals surface area contributed by atoms with Crippen LogP contribution < -0.4 is 4.74 Å². The first kappa shape index (κ1) is 12.9. The minimum absolute atomic E-state index is 0.0406. The van der Waals surface area contributed by atoms with Gasteiger partial charge in [0.1, 0.15) is 11.5 Å². The highest BCUT2D eigenvalue weighted by Gasteiger charge is 2.08. The molecule has 0 saturated carbocycles. The zero-order chi connectivity index (χ0) is 13.1. The van der Waals surface area contributed by atoms with E-state index in [2.05, 4.69) is 0 Å². The van der Waals surface area contributed by atoms with Gasteiger partial charge in [-0.3, -0.25) is 4.79 Å². The van der Waals surface area contributed by atoms with E-state index < -0.39 is 0 Å². The smallest absolute Gasteiger partial charge is 0.159 e. The second-order valence-corrected chi connectivity index (χ2v) is 4.55. The fourth-order valence-corrected chi connectivity index (χ4v) is 1.84. The van der Waals surface area contributed by atoms with Crippen molar-refractivity contribution in [3.8, 4) is 11.5 Å². The Morgan fingerprint density at radius 1 is 1.00 bits per heavy atom. The molecule has 0 aliphatic heterocycles. The van der Waals surface area contributed by atoms with Crippen LogP contribution in [0.4, 0.5) is 0 Å². The molecule has 0 saturated heterocycles. The van der Waals surface area contributed by atoms with Crippen molar-refractivity contribution < 1.29 is 9.53 Å². The van der Waals surface area contributed by atoms with E-state index in [4.69, 9.17) is 27.9 Å². The quantitative estimate of drug-likeness (QED) is 0.741. The molecule has 92 valence electrons. The number of hydrogen-bond donors (Lipinski definition) is 0. The average Bonchev–Trinajstić information content (AvgIpc) is 2.34. The summed E-state index contributed by atoms with van der Waals surface area (Å²) < 4.78 is 5.60. The van der Waals surface area contributed by atoms with Crippen molar-refractivity contribution in [1.29, 1.82) is 0 Å². The van der Waals surface area contributed by atoms with Crippen LogP contribution in [-0.4, -0.2) is 5.78 Å².